The molecule has 7 nitrogen and oxygen atoms in total. The van der Waals surface area contributed by atoms with E-state index in [-0.39, 0.29) is 5.91 Å². The molecule has 1 aromatic rings. The minimum atomic E-state index is -0.460. The molecule has 0 saturated carbocycles. The maximum Gasteiger partial charge on any atom is 0.256 e. The number of nitrogens with zero attached hydrogens (tertiary/aromatic N) is 4. The molecule has 0 bridgehead atoms. The standard InChI is InChI=1S/C18H28N4O3/c1-3-7-22(8-4-2)17-19-13-15(14-20-17)16(23)21-9-5-18(6-10-21)24-11-12-25-18/h13-14H,3-12H2,1-2H3. The van der Waals surface area contributed by atoms with E-state index in [0.717, 1.165) is 38.8 Å². The Hall–Kier alpha value is -1.73. The molecule has 2 saturated heterocycles. The Bertz CT molecular complexity index is 556. The van der Waals surface area contributed by atoms with E-state index in [0.29, 0.717) is 37.8 Å². The number of likely N-dealkylation sites (tertiary alicyclic amines) is 1. The zero-order chi connectivity index (χ0) is 17.7. The van der Waals surface area contributed by atoms with Crippen LogP contribution in [0.4, 0.5) is 5.95 Å². The Labute approximate surface area is 149 Å². The lowest BCUT2D eigenvalue weighted by Gasteiger charge is -2.37. The molecule has 0 aliphatic carbocycles. The maximum absolute atomic E-state index is 12.7. The van der Waals surface area contributed by atoms with Gasteiger partial charge in [-0.25, -0.2) is 9.97 Å². The summed E-state index contributed by atoms with van der Waals surface area (Å²) in [6.45, 7) is 8.70. The fraction of sp³-hybridized carbons (Fsp3) is 0.722. The summed E-state index contributed by atoms with van der Waals surface area (Å²) in [5.41, 5.74) is 0.543. The highest BCUT2D eigenvalue weighted by molar-refractivity contribution is 5.93. The fourth-order valence-electron chi connectivity index (χ4n) is 3.47. The molecular formula is C18H28N4O3. The summed E-state index contributed by atoms with van der Waals surface area (Å²) < 4.78 is 11.4. The summed E-state index contributed by atoms with van der Waals surface area (Å²) in [6.07, 6.45) is 6.83. The van der Waals surface area contributed by atoms with Gasteiger partial charge < -0.3 is 19.3 Å². The van der Waals surface area contributed by atoms with Gasteiger partial charge in [0, 0.05) is 51.4 Å². The van der Waals surface area contributed by atoms with E-state index < -0.39 is 5.79 Å². The molecule has 3 heterocycles. The number of carbonyl (C=O) groups excluding carboxylic acids is 1. The number of amides is 1. The lowest BCUT2D eigenvalue weighted by molar-refractivity contribution is -0.181. The van der Waals surface area contributed by atoms with Crippen LogP contribution in [0.25, 0.3) is 0 Å². The molecule has 0 atom stereocenters. The van der Waals surface area contributed by atoms with Crippen molar-refractivity contribution in [2.75, 3.05) is 44.3 Å². The van der Waals surface area contributed by atoms with Gasteiger partial charge in [-0.3, -0.25) is 4.79 Å². The van der Waals surface area contributed by atoms with E-state index in [1.54, 1.807) is 12.4 Å². The van der Waals surface area contributed by atoms with Crippen molar-refractivity contribution in [3.05, 3.63) is 18.0 Å². The molecule has 1 aromatic heterocycles. The first-order valence-electron chi connectivity index (χ1n) is 9.31. The SMILES string of the molecule is CCCN(CCC)c1ncc(C(=O)N2CCC3(CC2)OCCO3)cn1. The third kappa shape index (κ3) is 4.10. The minimum Gasteiger partial charge on any atom is -0.347 e. The number of rotatable bonds is 6. The first-order chi connectivity index (χ1) is 12.2. The highest BCUT2D eigenvalue weighted by Gasteiger charge is 2.40. The molecule has 2 aliphatic heterocycles. The van der Waals surface area contributed by atoms with Crippen LogP contribution in [0.2, 0.25) is 0 Å². The second kappa shape index (κ2) is 8.10. The lowest BCUT2D eigenvalue weighted by Crippen LogP contribution is -2.47. The minimum absolute atomic E-state index is 0.0167. The van der Waals surface area contributed by atoms with E-state index in [4.69, 9.17) is 9.47 Å². The van der Waals surface area contributed by atoms with E-state index in [9.17, 15) is 4.79 Å². The lowest BCUT2D eigenvalue weighted by atomic mass is 10.0. The summed E-state index contributed by atoms with van der Waals surface area (Å²) in [6, 6.07) is 0. The number of ether oxygens (including phenoxy) is 2. The van der Waals surface area contributed by atoms with Gasteiger partial charge in [0.05, 0.1) is 18.8 Å². The van der Waals surface area contributed by atoms with Crippen LogP contribution in [0, 0.1) is 0 Å². The number of hydrogen-bond donors (Lipinski definition) is 0. The molecule has 1 amide bonds. The fourth-order valence-corrected chi connectivity index (χ4v) is 3.47. The van der Waals surface area contributed by atoms with Crippen LogP contribution < -0.4 is 4.90 Å². The second-order valence-electron chi connectivity index (χ2n) is 6.66. The van der Waals surface area contributed by atoms with Crippen molar-refractivity contribution < 1.29 is 14.3 Å². The molecule has 2 fully saturated rings. The van der Waals surface area contributed by atoms with Gasteiger partial charge in [0.25, 0.3) is 5.91 Å². The summed E-state index contributed by atoms with van der Waals surface area (Å²) in [5, 5.41) is 0. The third-order valence-electron chi connectivity index (χ3n) is 4.78. The van der Waals surface area contributed by atoms with Crippen LogP contribution >= 0.6 is 0 Å². The quantitative estimate of drug-likeness (QED) is 0.784. The number of aromatic nitrogens is 2. The number of piperidine rings is 1. The largest absolute Gasteiger partial charge is 0.347 e. The first-order valence-corrected chi connectivity index (χ1v) is 9.31. The van der Waals surface area contributed by atoms with Crippen LogP contribution in [0.3, 0.4) is 0 Å². The molecular weight excluding hydrogens is 320 g/mol. The van der Waals surface area contributed by atoms with E-state index in [2.05, 4.69) is 28.7 Å². The predicted octanol–water partition coefficient (Wildman–Crippen LogP) is 2.08. The van der Waals surface area contributed by atoms with E-state index in [1.165, 1.54) is 0 Å². The van der Waals surface area contributed by atoms with Crippen LogP contribution in [-0.4, -0.2) is 66.0 Å². The van der Waals surface area contributed by atoms with Gasteiger partial charge in [-0.2, -0.15) is 0 Å². The molecule has 138 valence electrons. The molecule has 1 spiro atoms. The molecule has 25 heavy (non-hydrogen) atoms. The van der Waals surface area contributed by atoms with Gasteiger partial charge in [-0.15, -0.1) is 0 Å². The average molecular weight is 348 g/mol. The number of anilines is 1. The van der Waals surface area contributed by atoms with Crippen molar-refractivity contribution in [1.29, 1.82) is 0 Å². The molecule has 0 N–H and O–H groups in total. The highest BCUT2D eigenvalue weighted by Crippen LogP contribution is 2.31. The Balaban J connectivity index is 1.61. The van der Waals surface area contributed by atoms with Crippen molar-refractivity contribution in [2.45, 2.75) is 45.3 Å². The van der Waals surface area contributed by atoms with Crippen molar-refractivity contribution in [1.82, 2.24) is 14.9 Å². The third-order valence-corrected chi connectivity index (χ3v) is 4.78. The topological polar surface area (TPSA) is 67.8 Å². The number of carbonyl (C=O) groups is 1. The van der Waals surface area contributed by atoms with Crippen molar-refractivity contribution in [2.24, 2.45) is 0 Å². The Kier molecular flexibility index (Phi) is 5.86. The zero-order valence-corrected chi connectivity index (χ0v) is 15.2. The molecule has 0 radical (unpaired) electrons. The van der Waals surface area contributed by atoms with Gasteiger partial charge in [0.1, 0.15) is 0 Å². The zero-order valence-electron chi connectivity index (χ0n) is 15.2. The van der Waals surface area contributed by atoms with Gasteiger partial charge in [-0.1, -0.05) is 13.8 Å². The second-order valence-corrected chi connectivity index (χ2v) is 6.66. The van der Waals surface area contributed by atoms with Gasteiger partial charge in [-0.05, 0) is 12.8 Å². The van der Waals surface area contributed by atoms with Crippen LogP contribution in [-0.2, 0) is 9.47 Å². The highest BCUT2D eigenvalue weighted by atomic mass is 16.7. The normalized spacial score (nSPS) is 19.4. The molecule has 7 heteroatoms. The molecule has 3 rings (SSSR count). The van der Waals surface area contributed by atoms with Gasteiger partial charge in [0.15, 0.2) is 5.79 Å². The van der Waals surface area contributed by atoms with Crippen molar-refractivity contribution in [3.8, 4) is 0 Å². The van der Waals surface area contributed by atoms with E-state index in [1.807, 2.05) is 4.90 Å². The Morgan fingerprint density at radius 2 is 1.68 bits per heavy atom. The smallest absolute Gasteiger partial charge is 0.256 e. The Morgan fingerprint density at radius 1 is 1.12 bits per heavy atom. The van der Waals surface area contributed by atoms with Crippen LogP contribution in [0.15, 0.2) is 12.4 Å². The molecule has 0 aromatic carbocycles. The first kappa shape index (κ1) is 18.1. The summed E-state index contributed by atoms with van der Waals surface area (Å²) in [5.74, 6) is 0.223. The Morgan fingerprint density at radius 3 is 2.20 bits per heavy atom. The molecule has 0 unspecified atom stereocenters. The van der Waals surface area contributed by atoms with Crippen molar-refractivity contribution in [3.63, 3.8) is 0 Å². The van der Waals surface area contributed by atoms with Gasteiger partial charge in [0.2, 0.25) is 5.95 Å². The summed E-state index contributed by atoms with van der Waals surface area (Å²) in [4.78, 5) is 25.5. The predicted molar refractivity (Wildman–Crippen MR) is 94.6 cm³/mol. The summed E-state index contributed by atoms with van der Waals surface area (Å²) in [7, 11) is 0. The average Bonchev–Trinajstić information content (AvgIpc) is 3.10. The number of hydrogen-bond acceptors (Lipinski definition) is 6. The van der Waals surface area contributed by atoms with E-state index >= 15 is 0 Å². The maximum atomic E-state index is 12.7. The van der Waals surface area contributed by atoms with Crippen LogP contribution in [0.5, 0.6) is 0 Å². The molecule has 2 aliphatic rings. The monoisotopic (exact) mass is 348 g/mol. The van der Waals surface area contributed by atoms with Crippen LogP contribution in [0.1, 0.15) is 49.9 Å². The van der Waals surface area contributed by atoms with Crippen molar-refractivity contribution >= 4 is 11.9 Å². The summed E-state index contributed by atoms with van der Waals surface area (Å²) >= 11 is 0. The van der Waals surface area contributed by atoms with Gasteiger partial charge >= 0.3 is 0 Å².